The molecule has 0 unspecified atom stereocenters. The first-order chi connectivity index (χ1) is 14.4. The number of nitriles is 1. The van der Waals surface area contributed by atoms with Gasteiger partial charge in [-0.05, 0) is 18.2 Å². The third kappa shape index (κ3) is 3.45. The minimum atomic E-state index is -1.29. The van der Waals surface area contributed by atoms with Gasteiger partial charge in [0.15, 0.2) is 11.6 Å². The number of hydrogen-bond donors (Lipinski definition) is 1. The molecule has 0 bridgehead atoms. The van der Waals surface area contributed by atoms with Crippen molar-refractivity contribution in [3.8, 4) is 17.3 Å². The third-order valence-electron chi connectivity index (χ3n) is 4.77. The average molecular weight is 415 g/mol. The first kappa shape index (κ1) is 19.4. The van der Waals surface area contributed by atoms with Crippen molar-refractivity contribution >= 4 is 11.7 Å². The van der Waals surface area contributed by atoms with Gasteiger partial charge in [0.2, 0.25) is 0 Å². The molecule has 6 nitrogen and oxygen atoms in total. The van der Waals surface area contributed by atoms with Gasteiger partial charge in [-0.2, -0.15) is 5.26 Å². The molecule has 2 amide bonds. The van der Waals surface area contributed by atoms with Gasteiger partial charge in [-0.25, -0.2) is 27.3 Å². The molecular weight excluding hydrogens is 402 g/mol. The fourth-order valence-electron chi connectivity index (χ4n) is 3.28. The van der Waals surface area contributed by atoms with Crippen LogP contribution in [0.4, 0.5) is 28.0 Å². The first-order valence-electron chi connectivity index (χ1n) is 8.82. The van der Waals surface area contributed by atoms with Gasteiger partial charge in [-0.15, -0.1) is 0 Å². The summed E-state index contributed by atoms with van der Waals surface area (Å²) in [6, 6.07) is 5.87. The van der Waals surface area contributed by atoms with E-state index in [4.69, 9.17) is 5.26 Å². The highest BCUT2D eigenvalue weighted by molar-refractivity contribution is 5.89. The molecule has 0 saturated carbocycles. The van der Waals surface area contributed by atoms with E-state index in [1.54, 1.807) is 4.57 Å². The molecule has 1 N–H and O–H groups in total. The Kier molecular flexibility index (Phi) is 4.87. The number of nitrogens with one attached hydrogen (secondary N) is 1. The van der Waals surface area contributed by atoms with E-state index in [0.29, 0.717) is 12.2 Å². The zero-order chi connectivity index (χ0) is 21.4. The molecule has 0 fully saturated rings. The van der Waals surface area contributed by atoms with Crippen LogP contribution in [-0.2, 0) is 13.1 Å². The number of halogens is 4. The number of fused-ring (bicyclic) bond motifs is 1. The number of hydrogen-bond acceptors (Lipinski definition) is 3. The number of rotatable bonds is 2. The van der Waals surface area contributed by atoms with E-state index in [1.165, 1.54) is 23.4 Å². The van der Waals surface area contributed by atoms with Crippen molar-refractivity contribution in [2.45, 2.75) is 13.1 Å². The summed E-state index contributed by atoms with van der Waals surface area (Å²) in [7, 11) is 0. The van der Waals surface area contributed by atoms with Crippen LogP contribution in [0.15, 0.2) is 36.7 Å². The van der Waals surface area contributed by atoms with E-state index in [-0.39, 0.29) is 30.0 Å². The second-order valence-corrected chi connectivity index (χ2v) is 6.64. The van der Waals surface area contributed by atoms with Gasteiger partial charge in [0.05, 0.1) is 29.8 Å². The summed E-state index contributed by atoms with van der Waals surface area (Å²) in [5.41, 5.74) is 0.330. The zero-order valence-corrected chi connectivity index (χ0v) is 15.3. The smallest absolute Gasteiger partial charge is 0.322 e. The number of nitrogens with zero attached hydrogens (tertiary/aromatic N) is 4. The summed E-state index contributed by atoms with van der Waals surface area (Å²) in [5.74, 6) is -4.03. The van der Waals surface area contributed by atoms with Gasteiger partial charge in [0.25, 0.3) is 0 Å². The molecular formula is C20H13F4N5O. The molecule has 3 aromatic rings. The lowest BCUT2D eigenvalue weighted by Gasteiger charge is -2.29. The van der Waals surface area contributed by atoms with Crippen LogP contribution >= 0.6 is 0 Å². The Morgan fingerprint density at radius 2 is 1.90 bits per heavy atom. The third-order valence-corrected chi connectivity index (χ3v) is 4.77. The van der Waals surface area contributed by atoms with Crippen LogP contribution in [0.1, 0.15) is 11.3 Å². The van der Waals surface area contributed by atoms with E-state index in [2.05, 4.69) is 10.3 Å². The molecule has 152 valence electrons. The molecule has 2 heterocycles. The quantitative estimate of drug-likeness (QED) is 0.643. The van der Waals surface area contributed by atoms with Crippen LogP contribution in [0, 0.1) is 34.6 Å². The fourth-order valence-corrected chi connectivity index (χ4v) is 3.28. The summed E-state index contributed by atoms with van der Waals surface area (Å²) in [6.07, 6.45) is 1.51. The molecule has 10 heteroatoms. The predicted molar refractivity (Wildman–Crippen MR) is 98.1 cm³/mol. The molecule has 1 aliphatic rings. The van der Waals surface area contributed by atoms with E-state index < -0.39 is 34.9 Å². The van der Waals surface area contributed by atoms with Gasteiger partial charge in [-0.3, -0.25) is 0 Å². The Morgan fingerprint density at radius 3 is 2.63 bits per heavy atom. The van der Waals surface area contributed by atoms with Crippen molar-refractivity contribution in [3.63, 3.8) is 0 Å². The second kappa shape index (κ2) is 7.51. The molecule has 1 aromatic heterocycles. The Balaban J connectivity index is 1.57. The van der Waals surface area contributed by atoms with Gasteiger partial charge >= 0.3 is 6.03 Å². The normalized spacial score (nSPS) is 13.0. The number of benzene rings is 2. The van der Waals surface area contributed by atoms with Gasteiger partial charge in [0.1, 0.15) is 17.7 Å². The first-order valence-corrected chi connectivity index (χ1v) is 8.82. The topological polar surface area (TPSA) is 74.0 Å². The molecule has 4 rings (SSSR count). The van der Waals surface area contributed by atoms with Crippen LogP contribution in [-0.4, -0.2) is 27.0 Å². The monoisotopic (exact) mass is 415 g/mol. The van der Waals surface area contributed by atoms with Crippen LogP contribution < -0.4 is 5.32 Å². The molecule has 1 aliphatic heterocycles. The van der Waals surface area contributed by atoms with Crippen molar-refractivity contribution in [1.82, 2.24) is 14.5 Å². The number of imidazole rings is 1. The average Bonchev–Trinajstić information content (AvgIpc) is 3.13. The Morgan fingerprint density at radius 1 is 1.10 bits per heavy atom. The van der Waals surface area contributed by atoms with E-state index >= 15 is 0 Å². The van der Waals surface area contributed by atoms with Crippen molar-refractivity contribution in [1.29, 1.82) is 5.26 Å². The SMILES string of the molecule is N#Cc1cc(NC(=O)N2CCn3cnc(-c4ccc(F)cc4F)c3C2)cc(F)c1F. The lowest BCUT2D eigenvalue weighted by atomic mass is 10.1. The van der Waals surface area contributed by atoms with Crippen LogP contribution in [0.3, 0.4) is 0 Å². The molecule has 0 atom stereocenters. The molecule has 0 aliphatic carbocycles. The molecule has 0 spiro atoms. The largest absolute Gasteiger partial charge is 0.331 e. The second-order valence-electron chi connectivity index (χ2n) is 6.64. The van der Waals surface area contributed by atoms with Crippen LogP contribution in [0.25, 0.3) is 11.3 Å². The van der Waals surface area contributed by atoms with Crippen molar-refractivity contribution in [2.24, 2.45) is 0 Å². The molecule has 0 saturated heterocycles. The maximum Gasteiger partial charge on any atom is 0.322 e. The summed E-state index contributed by atoms with van der Waals surface area (Å²) in [6.45, 7) is 0.724. The van der Waals surface area contributed by atoms with Crippen LogP contribution in [0.5, 0.6) is 0 Å². The van der Waals surface area contributed by atoms with Crippen LogP contribution in [0.2, 0.25) is 0 Å². The molecule has 30 heavy (non-hydrogen) atoms. The highest BCUT2D eigenvalue weighted by Crippen LogP contribution is 2.29. The number of anilines is 1. The number of urea groups is 1. The van der Waals surface area contributed by atoms with Gasteiger partial charge in [0, 0.05) is 36.5 Å². The van der Waals surface area contributed by atoms with Gasteiger partial charge in [-0.1, -0.05) is 0 Å². The summed E-state index contributed by atoms with van der Waals surface area (Å²) < 4.78 is 56.3. The number of amides is 2. The Bertz CT molecular complexity index is 1200. The number of aromatic nitrogens is 2. The molecule has 0 radical (unpaired) electrons. The predicted octanol–water partition coefficient (Wildman–Crippen LogP) is 4.03. The zero-order valence-electron chi connectivity index (χ0n) is 15.3. The van der Waals surface area contributed by atoms with E-state index in [9.17, 15) is 22.4 Å². The number of carbonyl (C=O) groups excluding carboxylic acids is 1. The highest BCUT2D eigenvalue weighted by Gasteiger charge is 2.26. The fraction of sp³-hybridized carbons (Fsp3) is 0.150. The number of carbonyl (C=O) groups is 1. The maximum absolute atomic E-state index is 14.2. The molecule has 2 aromatic carbocycles. The summed E-state index contributed by atoms with van der Waals surface area (Å²) in [5, 5.41) is 11.3. The lowest BCUT2D eigenvalue weighted by molar-refractivity contribution is 0.197. The Hall–Kier alpha value is -3.87. The van der Waals surface area contributed by atoms with Crippen molar-refractivity contribution in [3.05, 3.63) is 71.2 Å². The Labute approximate surface area is 168 Å². The summed E-state index contributed by atoms with van der Waals surface area (Å²) >= 11 is 0. The highest BCUT2D eigenvalue weighted by atomic mass is 19.2. The van der Waals surface area contributed by atoms with E-state index in [0.717, 1.165) is 24.3 Å². The standard InChI is InChI=1S/C20H13F4N5O/c21-12-1-2-14(15(22)6-12)19-17-9-28(3-4-29(17)10-26-19)20(30)27-13-5-11(8-25)18(24)16(23)7-13/h1-2,5-7,10H,3-4,9H2,(H,27,30). The minimum Gasteiger partial charge on any atom is -0.331 e. The van der Waals surface area contributed by atoms with Crippen molar-refractivity contribution < 1.29 is 22.4 Å². The maximum atomic E-state index is 14.2. The van der Waals surface area contributed by atoms with E-state index in [1.807, 2.05) is 0 Å². The van der Waals surface area contributed by atoms with Gasteiger partial charge < -0.3 is 14.8 Å². The van der Waals surface area contributed by atoms with Crippen molar-refractivity contribution in [2.75, 3.05) is 11.9 Å². The minimum absolute atomic E-state index is 0.0623. The summed E-state index contributed by atoms with van der Waals surface area (Å²) in [4.78, 5) is 18.2. The lowest BCUT2D eigenvalue weighted by Crippen LogP contribution is -2.40.